The Morgan fingerprint density at radius 2 is 2.05 bits per heavy atom. The molecule has 0 bridgehead atoms. The summed E-state index contributed by atoms with van der Waals surface area (Å²) in [5.74, 6) is 0. The lowest BCUT2D eigenvalue weighted by Gasteiger charge is -2.23. The van der Waals surface area contributed by atoms with Gasteiger partial charge in [0, 0.05) is 31.2 Å². The van der Waals surface area contributed by atoms with Crippen molar-refractivity contribution in [2.45, 2.75) is 24.8 Å². The number of rotatable bonds is 4. The quantitative estimate of drug-likeness (QED) is 0.927. The van der Waals surface area contributed by atoms with Crippen molar-refractivity contribution < 1.29 is 8.42 Å². The summed E-state index contributed by atoms with van der Waals surface area (Å²) in [6.07, 6.45) is 1.66. The first kappa shape index (κ1) is 14.9. The van der Waals surface area contributed by atoms with Crippen LogP contribution in [0.5, 0.6) is 0 Å². The van der Waals surface area contributed by atoms with Crippen LogP contribution in [0.25, 0.3) is 10.9 Å². The first-order valence-corrected chi connectivity index (χ1v) is 7.86. The summed E-state index contributed by atoms with van der Waals surface area (Å²) in [7, 11) is -2.03. The third-order valence-corrected chi connectivity index (χ3v) is 5.58. The van der Waals surface area contributed by atoms with Crippen molar-refractivity contribution in [3.63, 3.8) is 0 Å². The van der Waals surface area contributed by atoms with Crippen LogP contribution in [-0.4, -0.2) is 37.3 Å². The summed E-state index contributed by atoms with van der Waals surface area (Å²) >= 11 is 0. The Morgan fingerprint density at radius 1 is 1.35 bits per heavy atom. The number of aryl methyl sites for hydroxylation is 1. The minimum atomic E-state index is -3.58. The van der Waals surface area contributed by atoms with Gasteiger partial charge in [-0.25, -0.2) is 8.42 Å². The second kappa shape index (κ2) is 5.47. The summed E-state index contributed by atoms with van der Waals surface area (Å²) < 4.78 is 26.7. The van der Waals surface area contributed by atoms with E-state index in [0.29, 0.717) is 10.9 Å². The highest BCUT2D eigenvalue weighted by atomic mass is 32.2. The highest BCUT2D eigenvalue weighted by Crippen LogP contribution is 2.26. The van der Waals surface area contributed by atoms with E-state index in [4.69, 9.17) is 5.73 Å². The van der Waals surface area contributed by atoms with E-state index in [-0.39, 0.29) is 17.5 Å². The summed E-state index contributed by atoms with van der Waals surface area (Å²) in [6, 6.07) is 6.68. The topological polar surface area (TPSA) is 76.3 Å². The van der Waals surface area contributed by atoms with E-state index in [2.05, 4.69) is 4.98 Å². The molecule has 108 valence electrons. The molecule has 2 N–H and O–H groups in total. The molecular formula is C14H19N3O2S. The molecule has 1 heterocycles. The van der Waals surface area contributed by atoms with Gasteiger partial charge >= 0.3 is 0 Å². The van der Waals surface area contributed by atoms with Crippen LogP contribution in [0.3, 0.4) is 0 Å². The number of hydrogen-bond donors (Lipinski definition) is 1. The molecule has 1 aromatic carbocycles. The zero-order valence-corrected chi connectivity index (χ0v) is 12.7. The summed E-state index contributed by atoms with van der Waals surface area (Å²) in [5.41, 5.74) is 7.23. The van der Waals surface area contributed by atoms with Crippen molar-refractivity contribution in [1.29, 1.82) is 0 Å². The van der Waals surface area contributed by atoms with E-state index in [9.17, 15) is 8.42 Å². The van der Waals surface area contributed by atoms with E-state index in [0.717, 1.165) is 5.56 Å². The molecule has 20 heavy (non-hydrogen) atoms. The maximum absolute atomic E-state index is 12.7. The Labute approximate surface area is 119 Å². The van der Waals surface area contributed by atoms with Crippen molar-refractivity contribution in [3.8, 4) is 0 Å². The smallest absolute Gasteiger partial charge is 0.243 e. The fourth-order valence-electron chi connectivity index (χ4n) is 2.05. The van der Waals surface area contributed by atoms with Crippen LogP contribution in [0, 0.1) is 6.92 Å². The summed E-state index contributed by atoms with van der Waals surface area (Å²) in [4.78, 5) is 4.54. The van der Waals surface area contributed by atoms with E-state index < -0.39 is 10.0 Å². The van der Waals surface area contributed by atoms with Gasteiger partial charge in [-0.1, -0.05) is 6.07 Å². The van der Waals surface area contributed by atoms with Crippen LogP contribution >= 0.6 is 0 Å². The van der Waals surface area contributed by atoms with Gasteiger partial charge in [0.15, 0.2) is 0 Å². The Hall–Kier alpha value is -1.50. The Bertz CT molecular complexity index is 728. The third kappa shape index (κ3) is 2.42. The van der Waals surface area contributed by atoms with Crippen LogP contribution in [0.15, 0.2) is 35.4 Å². The van der Waals surface area contributed by atoms with E-state index >= 15 is 0 Å². The summed E-state index contributed by atoms with van der Waals surface area (Å²) in [5, 5.41) is 0.642. The fourth-order valence-corrected chi connectivity index (χ4v) is 3.61. The van der Waals surface area contributed by atoms with Crippen LogP contribution < -0.4 is 5.73 Å². The summed E-state index contributed by atoms with van der Waals surface area (Å²) in [6.45, 7) is 3.97. The second-order valence-corrected chi connectivity index (χ2v) is 6.85. The van der Waals surface area contributed by atoms with Gasteiger partial charge in [-0.15, -0.1) is 0 Å². The molecule has 5 nitrogen and oxygen atoms in total. The van der Waals surface area contributed by atoms with Crippen molar-refractivity contribution in [2.75, 3.05) is 13.6 Å². The molecule has 0 radical (unpaired) electrons. The largest absolute Gasteiger partial charge is 0.329 e. The number of pyridine rings is 1. The Kier molecular flexibility index (Phi) is 4.08. The number of benzene rings is 1. The number of sulfonamides is 1. The predicted molar refractivity (Wildman–Crippen MR) is 79.9 cm³/mol. The van der Waals surface area contributed by atoms with E-state index in [1.54, 1.807) is 44.4 Å². The molecule has 0 spiro atoms. The number of fused-ring (bicyclic) bond motifs is 1. The molecule has 0 fully saturated rings. The predicted octanol–water partition coefficient (Wildman–Crippen LogP) is 1.51. The van der Waals surface area contributed by atoms with Gasteiger partial charge in [-0.3, -0.25) is 4.98 Å². The van der Waals surface area contributed by atoms with Gasteiger partial charge < -0.3 is 5.73 Å². The molecule has 1 aromatic heterocycles. The van der Waals surface area contributed by atoms with Gasteiger partial charge in [-0.2, -0.15) is 4.31 Å². The molecule has 1 unspecified atom stereocenters. The lowest BCUT2D eigenvalue weighted by molar-refractivity contribution is 0.395. The zero-order chi connectivity index (χ0) is 14.9. The van der Waals surface area contributed by atoms with Gasteiger partial charge in [0.2, 0.25) is 10.0 Å². The first-order chi connectivity index (χ1) is 9.39. The highest BCUT2D eigenvalue weighted by molar-refractivity contribution is 7.89. The minimum absolute atomic E-state index is 0.256. The van der Waals surface area contributed by atoms with Crippen molar-refractivity contribution in [2.24, 2.45) is 5.73 Å². The zero-order valence-electron chi connectivity index (χ0n) is 11.9. The molecule has 6 heteroatoms. The highest BCUT2D eigenvalue weighted by Gasteiger charge is 2.26. The molecule has 0 aliphatic carbocycles. The molecular weight excluding hydrogens is 274 g/mol. The average molecular weight is 293 g/mol. The van der Waals surface area contributed by atoms with Gasteiger partial charge in [0.25, 0.3) is 0 Å². The van der Waals surface area contributed by atoms with Gasteiger partial charge in [-0.05, 0) is 37.6 Å². The van der Waals surface area contributed by atoms with Gasteiger partial charge in [0.1, 0.15) is 0 Å². The van der Waals surface area contributed by atoms with Crippen LogP contribution in [0.1, 0.15) is 12.5 Å². The SMILES string of the molecule is Cc1ccc(S(=O)(=O)N(C)C(C)CN)c2cccnc12. The number of aromatic nitrogens is 1. The number of nitrogens with two attached hydrogens (primary N) is 1. The van der Waals surface area contributed by atoms with Crippen LogP contribution in [0.4, 0.5) is 0 Å². The standard InChI is InChI=1S/C14H19N3O2S/c1-10-6-7-13(12-5-4-8-16-14(10)12)20(18,19)17(3)11(2)9-15/h4-8,11H,9,15H2,1-3H3. The third-order valence-electron chi connectivity index (χ3n) is 3.55. The molecule has 0 saturated heterocycles. The molecule has 0 aliphatic heterocycles. The maximum atomic E-state index is 12.7. The maximum Gasteiger partial charge on any atom is 0.243 e. The monoisotopic (exact) mass is 293 g/mol. The minimum Gasteiger partial charge on any atom is -0.329 e. The van der Waals surface area contributed by atoms with Crippen molar-refractivity contribution >= 4 is 20.9 Å². The lowest BCUT2D eigenvalue weighted by Crippen LogP contribution is -2.39. The number of likely N-dealkylation sites (N-methyl/N-ethyl adjacent to an activating group) is 1. The molecule has 2 aromatic rings. The molecule has 0 saturated carbocycles. The van der Waals surface area contributed by atoms with Crippen LogP contribution in [0.2, 0.25) is 0 Å². The fraction of sp³-hybridized carbons (Fsp3) is 0.357. The first-order valence-electron chi connectivity index (χ1n) is 6.42. The molecule has 1 atom stereocenters. The van der Waals surface area contributed by atoms with E-state index in [1.165, 1.54) is 4.31 Å². The normalized spacial score (nSPS) is 13.8. The molecule has 2 rings (SSSR count). The average Bonchev–Trinajstić information content (AvgIpc) is 2.46. The second-order valence-electron chi connectivity index (χ2n) is 4.89. The van der Waals surface area contributed by atoms with Crippen molar-refractivity contribution in [1.82, 2.24) is 9.29 Å². The van der Waals surface area contributed by atoms with Crippen molar-refractivity contribution in [3.05, 3.63) is 36.0 Å². The van der Waals surface area contributed by atoms with E-state index in [1.807, 2.05) is 6.92 Å². The van der Waals surface area contributed by atoms with Crippen LogP contribution in [-0.2, 0) is 10.0 Å². The lowest BCUT2D eigenvalue weighted by atomic mass is 10.1. The van der Waals surface area contributed by atoms with Gasteiger partial charge in [0.05, 0.1) is 10.4 Å². The number of hydrogen-bond acceptors (Lipinski definition) is 4. The Morgan fingerprint density at radius 3 is 2.70 bits per heavy atom. The molecule has 0 amide bonds. The molecule has 0 aliphatic rings. The number of nitrogens with zero attached hydrogens (tertiary/aromatic N) is 2. The Balaban J connectivity index is 2.67.